The lowest BCUT2D eigenvalue weighted by molar-refractivity contribution is 0.102. The van der Waals surface area contributed by atoms with Gasteiger partial charge in [-0.1, -0.05) is 65.1 Å². The molecule has 0 unspecified atom stereocenters. The number of nitrogens with zero attached hydrogens (tertiary/aromatic N) is 2. The Morgan fingerprint density at radius 2 is 2.04 bits per heavy atom. The first-order valence-electron chi connectivity index (χ1n) is 7.19. The van der Waals surface area contributed by atoms with Crippen molar-refractivity contribution in [1.82, 2.24) is 10.2 Å². The third-order valence-electron chi connectivity index (χ3n) is 3.19. The molecular formula is C17H14BrN3OS2. The van der Waals surface area contributed by atoms with Gasteiger partial charge in [-0.15, -0.1) is 10.2 Å². The Hall–Kier alpha value is -1.70. The van der Waals surface area contributed by atoms with Gasteiger partial charge in [0.15, 0.2) is 4.34 Å². The third kappa shape index (κ3) is 4.43. The fraction of sp³-hybridized carbons (Fsp3) is 0.118. The molecule has 0 saturated carbocycles. The van der Waals surface area contributed by atoms with Crippen molar-refractivity contribution < 1.29 is 4.79 Å². The minimum atomic E-state index is -0.200. The van der Waals surface area contributed by atoms with Gasteiger partial charge < -0.3 is 0 Å². The number of carbonyl (C=O) groups excluding carboxylic acids is 1. The lowest BCUT2D eigenvalue weighted by atomic mass is 10.2. The van der Waals surface area contributed by atoms with Crippen LogP contribution in [0.25, 0.3) is 0 Å². The maximum atomic E-state index is 12.3. The summed E-state index contributed by atoms with van der Waals surface area (Å²) < 4.78 is 1.58. The molecular weight excluding hydrogens is 406 g/mol. The summed E-state index contributed by atoms with van der Waals surface area (Å²) in [6.45, 7) is 2.08. The zero-order valence-corrected chi connectivity index (χ0v) is 16.0. The Labute approximate surface area is 156 Å². The van der Waals surface area contributed by atoms with Gasteiger partial charge in [0.1, 0.15) is 0 Å². The number of hydrogen-bond acceptors (Lipinski definition) is 5. The van der Waals surface area contributed by atoms with E-state index >= 15 is 0 Å². The minimum absolute atomic E-state index is 0.200. The SMILES string of the molecule is Cc1cccc(CSc2nnc(NC(=O)c3ccccc3Br)s2)c1. The van der Waals surface area contributed by atoms with Crippen LogP contribution in [0.1, 0.15) is 21.5 Å². The van der Waals surface area contributed by atoms with Gasteiger partial charge in [-0.2, -0.15) is 0 Å². The number of rotatable bonds is 5. The highest BCUT2D eigenvalue weighted by atomic mass is 79.9. The molecule has 3 aromatic rings. The van der Waals surface area contributed by atoms with Crippen LogP contribution in [0.4, 0.5) is 5.13 Å². The largest absolute Gasteiger partial charge is 0.296 e. The Bertz CT molecular complexity index is 866. The van der Waals surface area contributed by atoms with E-state index in [1.807, 2.05) is 18.2 Å². The van der Waals surface area contributed by atoms with E-state index in [2.05, 4.69) is 62.6 Å². The number of carbonyl (C=O) groups is 1. The Kier molecular flexibility index (Phi) is 5.65. The number of benzene rings is 2. The van der Waals surface area contributed by atoms with Gasteiger partial charge in [-0.05, 0) is 40.5 Å². The summed E-state index contributed by atoms with van der Waals surface area (Å²) in [5.74, 6) is 0.628. The molecule has 0 fully saturated rings. The molecule has 122 valence electrons. The molecule has 24 heavy (non-hydrogen) atoms. The normalized spacial score (nSPS) is 10.6. The van der Waals surface area contributed by atoms with Crippen LogP contribution in [0.2, 0.25) is 0 Å². The predicted molar refractivity (Wildman–Crippen MR) is 103 cm³/mol. The van der Waals surface area contributed by atoms with Crippen LogP contribution in [-0.2, 0) is 5.75 Å². The van der Waals surface area contributed by atoms with E-state index in [9.17, 15) is 4.79 Å². The van der Waals surface area contributed by atoms with E-state index < -0.39 is 0 Å². The zero-order chi connectivity index (χ0) is 16.9. The topological polar surface area (TPSA) is 54.9 Å². The molecule has 1 heterocycles. The summed E-state index contributed by atoms with van der Waals surface area (Å²) in [5.41, 5.74) is 3.06. The quantitative estimate of drug-likeness (QED) is 0.458. The van der Waals surface area contributed by atoms with Crippen LogP contribution in [0.5, 0.6) is 0 Å². The van der Waals surface area contributed by atoms with E-state index in [1.165, 1.54) is 22.5 Å². The van der Waals surface area contributed by atoms with Crippen LogP contribution >= 0.6 is 39.0 Å². The summed E-state index contributed by atoms with van der Waals surface area (Å²) in [6, 6.07) is 15.7. The smallest absolute Gasteiger partial charge is 0.258 e. The Morgan fingerprint density at radius 1 is 1.21 bits per heavy atom. The number of anilines is 1. The number of thioether (sulfide) groups is 1. The molecule has 0 aliphatic carbocycles. The van der Waals surface area contributed by atoms with Gasteiger partial charge in [-0.25, -0.2) is 0 Å². The van der Waals surface area contributed by atoms with Crippen LogP contribution < -0.4 is 5.32 Å². The van der Waals surface area contributed by atoms with Crippen LogP contribution in [0.15, 0.2) is 57.3 Å². The Morgan fingerprint density at radius 3 is 2.83 bits per heavy atom. The van der Waals surface area contributed by atoms with Crippen molar-refractivity contribution in [3.8, 4) is 0 Å². The molecule has 7 heteroatoms. The fourth-order valence-corrected chi connectivity index (χ4v) is 4.23. The minimum Gasteiger partial charge on any atom is -0.296 e. The molecule has 0 atom stereocenters. The Balaban J connectivity index is 1.61. The van der Waals surface area contributed by atoms with E-state index in [-0.39, 0.29) is 5.91 Å². The molecule has 0 spiro atoms. The monoisotopic (exact) mass is 419 g/mol. The second kappa shape index (κ2) is 7.92. The molecule has 2 aromatic carbocycles. The van der Waals surface area contributed by atoms with Gasteiger partial charge in [-0.3, -0.25) is 10.1 Å². The second-order valence-corrected chi connectivity index (χ2v) is 8.14. The van der Waals surface area contributed by atoms with Crippen molar-refractivity contribution in [3.63, 3.8) is 0 Å². The highest BCUT2D eigenvalue weighted by Crippen LogP contribution is 2.29. The van der Waals surface area contributed by atoms with Crippen LogP contribution in [0.3, 0.4) is 0 Å². The zero-order valence-electron chi connectivity index (χ0n) is 12.8. The molecule has 4 nitrogen and oxygen atoms in total. The maximum Gasteiger partial charge on any atom is 0.258 e. The van der Waals surface area contributed by atoms with Crippen molar-refractivity contribution in [2.75, 3.05) is 5.32 Å². The van der Waals surface area contributed by atoms with Gasteiger partial charge >= 0.3 is 0 Å². The average molecular weight is 420 g/mol. The highest BCUT2D eigenvalue weighted by Gasteiger charge is 2.12. The maximum absolute atomic E-state index is 12.3. The molecule has 3 rings (SSSR count). The van der Waals surface area contributed by atoms with Gasteiger partial charge in [0.2, 0.25) is 5.13 Å². The first kappa shape index (κ1) is 17.1. The molecule has 0 aliphatic heterocycles. The number of aromatic nitrogens is 2. The van der Waals surface area contributed by atoms with Gasteiger partial charge in [0.25, 0.3) is 5.91 Å². The van der Waals surface area contributed by atoms with E-state index in [0.717, 1.165) is 14.6 Å². The van der Waals surface area contributed by atoms with Gasteiger partial charge in [0, 0.05) is 10.2 Å². The number of halogens is 1. The molecule has 0 saturated heterocycles. The lowest BCUT2D eigenvalue weighted by Crippen LogP contribution is -2.12. The lowest BCUT2D eigenvalue weighted by Gasteiger charge is -2.02. The van der Waals surface area contributed by atoms with Gasteiger partial charge in [0.05, 0.1) is 5.56 Å². The number of amides is 1. The van der Waals surface area contributed by atoms with Crippen LogP contribution in [0, 0.1) is 6.92 Å². The van der Waals surface area contributed by atoms with Crippen molar-refractivity contribution in [1.29, 1.82) is 0 Å². The molecule has 1 N–H and O–H groups in total. The summed E-state index contributed by atoms with van der Waals surface area (Å²) in [6.07, 6.45) is 0. The van der Waals surface area contributed by atoms with Crippen molar-refractivity contribution >= 4 is 50.1 Å². The first-order valence-corrected chi connectivity index (χ1v) is 9.79. The van der Waals surface area contributed by atoms with Crippen molar-refractivity contribution in [2.24, 2.45) is 0 Å². The molecule has 0 radical (unpaired) electrons. The first-order chi connectivity index (χ1) is 11.6. The van der Waals surface area contributed by atoms with Crippen LogP contribution in [-0.4, -0.2) is 16.1 Å². The number of nitrogens with one attached hydrogen (secondary N) is 1. The molecule has 1 amide bonds. The highest BCUT2D eigenvalue weighted by molar-refractivity contribution is 9.10. The average Bonchev–Trinajstić information content (AvgIpc) is 3.01. The fourth-order valence-electron chi connectivity index (χ4n) is 2.08. The van der Waals surface area contributed by atoms with Crippen molar-refractivity contribution in [3.05, 3.63) is 69.7 Å². The molecule has 0 bridgehead atoms. The van der Waals surface area contributed by atoms with E-state index in [4.69, 9.17) is 0 Å². The summed E-state index contributed by atoms with van der Waals surface area (Å²) >= 11 is 6.37. The van der Waals surface area contributed by atoms with Crippen molar-refractivity contribution in [2.45, 2.75) is 17.0 Å². The third-order valence-corrected chi connectivity index (χ3v) is 5.92. The number of hydrogen-bond donors (Lipinski definition) is 1. The summed E-state index contributed by atoms with van der Waals surface area (Å²) in [4.78, 5) is 12.3. The predicted octanol–water partition coefficient (Wildman–Crippen LogP) is 5.15. The van der Waals surface area contributed by atoms with E-state index in [0.29, 0.717) is 10.7 Å². The number of aryl methyl sites for hydroxylation is 1. The second-order valence-electron chi connectivity index (χ2n) is 5.08. The van der Waals surface area contributed by atoms with E-state index in [1.54, 1.807) is 17.8 Å². The summed E-state index contributed by atoms with van der Waals surface area (Å²) in [5, 5.41) is 11.5. The summed E-state index contributed by atoms with van der Waals surface area (Å²) in [7, 11) is 0. The standard InChI is InChI=1S/C17H14BrN3OS2/c1-11-5-4-6-12(9-11)10-23-17-21-20-16(24-17)19-15(22)13-7-2-3-8-14(13)18/h2-9H,10H2,1H3,(H,19,20,22). The molecule has 0 aliphatic rings. The molecule has 1 aromatic heterocycles.